The van der Waals surface area contributed by atoms with Gasteiger partial charge in [-0.25, -0.2) is 9.18 Å². The molecule has 0 saturated carbocycles. The number of carbonyl (C=O) groups is 2. The standard InChI is InChI=1S/C18H21FN2O3/c1-5-21(14-9-7-13(19)8-10-14)17(22)16-11(3)15(12(4)20-16)18(23)24-6-2/h7-10,20H,5-6H2,1-4H3. The summed E-state index contributed by atoms with van der Waals surface area (Å²) >= 11 is 0. The molecule has 0 radical (unpaired) electrons. The fourth-order valence-corrected chi connectivity index (χ4v) is 2.67. The first-order valence-electron chi connectivity index (χ1n) is 7.84. The Morgan fingerprint density at radius 1 is 1.17 bits per heavy atom. The molecule has 0 unspecified atom stereocenters. The fraction of sp³-hybridized carbons (Fsp3) is 0.333. The Morgan fingerprint density at radius 2 is 1.79 bits per heavy atom. The maximum Gasteiger partial charge on any atom is 0.340 e. The van der Waals surface area contributed by atoms with Crippen molar-refractivity contribution in [1.82, 2.24) is 4.98 Å². The first-order chi connectivity index (χ1) is 11.4. The van der Waals surface area contributed by atoms with Gasteiger partial charge in [-0.2, -0.15) is 0 Å². The van der Waals surface area contributed by atoms with Crippen LogP contribution in [0, 0.1) is 19.7 Å². The molecule has 1 aromatic heterocycles. The molecule has 128 valence electrons. The second-order valence-electron chi connectivity index (χ2n) is 5.37. The summed E-state index contributed by atoms with van der Waals surface area (Å²) in [6, 6.07) is 5.71. The molecule has 0 bridgehead atoms. The lowest BCUT2D eigenvalue weighted by atomic mass is 10.1. The van der Waals surface area contributed by atoms with Crippen LogP contribution in [-0.4, -0.2) is 30.0 Å². The van der Waals surface area contributed by atoms with E-state index < -0.39 is 5.97 Å². The van der Waals surface area contributed by atoms with Gasteiger partial charge in [0.1, 0.15) is 11.5 Å². The van der Waals surface area contributed by atoms with Gasteiger partial charge in [0.25, 0.3) is 5.91 Å². The Balaban J connectivity index is 2.39. The molecular formula is C18H21FN2O3. The number of aromatic nitrogens is 1. The largest absolute Gasteiger partial charge is 0.462 e. The van der Waals surface area contributed by atoms with Gasteiger partial charge in [-0.1, -0.05) is 0 Å². The van der Waals surface area contributed by atoms with Crippen molar-refractivity contribution in [2.75, 3.05) is 18.1 Å². The Bertz CT molecular complexity index is 750. The van der Waals surface area contributed by atoms with Crippen molar-refractivity contribution in [3.63, 3.8) is 0 Å². The zero-order valence-electron chi connectivity index (χ0n) is 14.3. The van der Waals surface area contributed by atoms with Crippen LogP contribution >= 0.6 is 0 Å². The topological polar surface area (TPSA) is 62.4 Å². The van der Waals surface area contributed by atoms with Crippen LogP contribution < -0.4 is 4.90 Å². The molecular weight excluding hydrogens is 311 g/mol. The van der Waals surface area contributed by atoms with E-state index in [9.17, 15) is 14.0 Å². The number of H-pyrrole nitrogens is 1. The van der Waals surface area contributed by atoms with E-state index in [1.807, 2.05) is 6.92 Å². The Kier molecular flexibility index (Phi) is 5.39. The van der Waals surface area contributed by atoms with Gasteiger partial charge in [-0.15, -0.1) is 0 Å². The first kappa shape index (κ1) is 17.7. The number of halogens is 1. The molecule has 6 heteroatoms. The minimum atomic E-state index is -0.451. The molecule has 0 aliphatic rings. The number of ether oxygens (including phenoxy) is 1. The number of nitrogens with zero attached hydrogens (tertiary/aromatic N) is 1. The van der Waals surface area contributed by atoms with Crippen molar-refractivity contribution in [3.8, 4) is 0 Å². The number of carbonyl (C=O) groups excluding carboxylic acids is 2. The number of anilines is 1. The predicted molar refractivity (Wildman–Crippen MR) is 90.0 cm³/mol. The second-order valence-corrected chi connectivity index (χ2v) is 5.37. The van der Waals surface area contributed by atoms with Crippen LogP contribution in [0.15, 0.2) is 24.3 Å². The molecule has 0 atom stereocenters. The summed E-state index contributed by atoms with van der Waals surface area (Å²) in [5, 5.41) is 0. The number of nitrogens with one attached hydrogen (secondary N) is 1. The van der Waals surface area contributed by atoms with Crippen LogP contribution in [0.5, 0.6) is 0 Å². The van der Waals surface area contributed by atoms with E-state index in [2.05, 4.69) is 4.98 Å². The quantitative estimate of drug-likeness (QED) is 0.851. The van der Waals surface area contributed by atoms with Crippen LogP contribution in [0.25, 0.3) is 0 Å². The minimum Gasteiger partial charge on any atom is -0.462 e. The summed E-state index contributed by atoms with van der Waals surface area (Å²) in [7, 11) is 0. The maximum atomic E-state index is 13.1. The molecule has 24 heavy (non-hydrogen) atoms. The van der Waals surface area contributed by atoms with Crippen LogP contribution in [0.3, 0.4) is 0 Å². The number of esters is 1. The summed E-state index contributed by atoms with van der Waals surface area (Å²) < 4.78 is 18.1. The highest BCUT2D eigenvalue weighted by molar-refractivity contribution is 6.08. The maximum absolute atomic E-state index is 13.1. The van der Waals surface area contributed by atoms with E-state index in [-0.39, 0.29) is 18.3 Å². The zero-order chi connectivity index (χ0) is 17.9. The lowest BCUT2D eigenvalue weighted by molar-refractivity contribution is 0.0525. The van der Waals surface area contributed by atoms with E-state index in [4.69, 9.17) is 4.74 Å². The Morgan fingerprint density at radius 3 is 2.33 bits per heavy atom. The number of aromatic amines is 1. The molecule has 1 heterocycles. The van der Waals surface area contributed by atoms with E-state index in [1.165, 1.54) is 17.0 Å². The number of hydrogen-bond acceptors (Lipinski definition) is 3. The van der Waals surface area contributed by atoms with E-state index in [1.54, 1.807) is 32.9 Å². The van der Waals surface area contributed by atoms with Crippen LogP contribution in [0.4, 0.5) is 10.1 Å². The molecule has 0 aliphatic carbocycles. The zero-order valence-corrected chi connectivity index (χ0v) is 14.3. The molecule has 0 saturated heterocycles. The summed E-state index contributed by atoms with van der Waals surface area (Å²) in [5.74, 6) is -1.09. The highest BCUT2D eigenvalue weighted by Crippen LogP contribution is 2.23. The molecule has 1 aromatic carbocycles. The molecule has 0 spiro atoms. The number of benzene rings is 1. The van der Waals surface area contributed by atoms with Gasteiger partial charge >= 0.3 is 5.97 Å². The van der Waals surface area contributed by atoms with Gasteiger partial charge in [0, 0.05) is 17.9 Å². The Labute approximate surface area is 140 Å². The van der Waals surface area contributed by atoms with Crippen LogP contribution in [-0.2, 0) is 4.74 Å². The minimum absolute atomic E-state index is 0.267. The van der Waals surface area contributed by atoms with Crippen molar-refractivity contribution in [2.45, 2.75) is 27.7 Å². The van der Waals surface area contributed by atoms with E-state index in [0.717, 1.165) is 0 Å². The summed E-state index contributed by atoms with van der Waals surface area (Å²) in [5.41, 5.74) is 2.45. The first-order valence-corrected chi connectivity index (χ1v) is 7.84. The summed E-state index contributed by atoms with van der Waals surface area (Å²) in [6.07, 6.45) is 0. The lowest BCUT2D eigenvalue weighted by Gasteiger charge is -2.21. The van der Waals surface area contributed by atoms with Gasteiger partial charge in [-0.05, 0) is 57.5 Å². The normalized spacial score (nSPS) is 10.5. The van der Waals surface area contributed by atoms with Gasteiger partial charge < -0.3 is 14.6 Å². The Hall–Kier alpha value is -2.63. The lowest BCUT2D eigenvalue weighted by Crippen LogP contribution is -2.31. The van der Waals surface area contributed by atoms with Crippen molar-refractivity contribution < 1.29 is 18.7 Å². The number of amides is 1. The van der Waals surface area contributed by atoms with Gasteiger partial charge in [0.05, 0.1) is 12.2 Å². The van der Waals surface area contributed by atoms with Crippen molar-refractivity contribution in [1.29, 1.82) is 0 Å². The molecule has 2 aromatic rings. The van der Waals surface area contributed by atoms with E-state index in [0.29, 0.717) is 34.7 Å². The van der Waals surface area contributed by atoms with Gasteiger partial charge in [-0.3, -0.25) is 4.79 Å². The molecule has 0 fully saturated rings. The molecule has 2 rings (SSSR count). The van der Waals surface area contributed by atoms with Crippen molar-refractivity contribution in [3.05, 3.63) is 52.6 Å². The van der Waals surface area contributed by atoms with Crippen LogP contribution in [0.1, 0.15) is 46.0 Å². The van der Waals surface area contributed by atoms with Crippen LogP contribution in [0.2, 0.25) is 0 Å². The molecule has 5 nitrogen and oxygen atoms in total. The average molecular weight is 332 g/mol. The average Bonchev–Trinajstić information content (AvgIpc) is 2.84. The predicted octanol–water partition coefficient (Wildman–Crippen LogP) is 3.61. The van der Waals surface area contributed by atoms with Crippen molar-refractivity contribution >= 4 is 17.6 Å². The highest BCUT2D eigenvalue weighted by atomic mass is 19.1. The number of hydrogen-bond donors (Lipinski definition) is 1. The molecule has 1 amide bonds. The highest BCUT2D eigenvalue weighted by Gasteiger charge is 2.26. The SMILES string of the molecule is CCOC(=O)c1c(C)[nH]c(C(=O)N(CC)c2ccc(F)cc2)c1C. The van der Waals surface area contributed by atoms with Gasteiger partial charge in [0.2, 0.25) is 0 Å². The monoisotopic (exact) mass is 332 g/mol. The molecule has 0 aliphatic heterocycles. The third-order valence-electron chi connectivity index (χ3n) is 3.83. The number of aryl methyl sites for hydroxylation is 1. The smallest absolute Gasteiger partial charge is 0.340 e. The fourth-order valence-electron chi connectivity index (χ4n) is 2.67. The third-order valence-corrected chi connectivity index (χ3v) is 3.83. The van der Waals surface area contributed by atoms with Gasteiger partial charge in [0.15, 0.2) is 0 Å². The van der Waals surface area contributed by atoms with E-state index >= 15 is 0 Å². The summed E-state index contributed by atoms with van der Waals surface area (Å²) in [4.78, 5) is 29.4. The van der Waals surface area contributed by atoms with Crippen molar-refractivity contribution in [2.24, 2.45) is 0 Å². The number of rotatable bonds is 5. The summed E-state index contributed by atoms with van der Waals surface area (Å²) in [6.45, 7) is 7.68. The second kappa shape index (κ2) is 7.29. The molecule has 1 N–H and O–H groups in total. The third kappa shape index (κ3) is 3.32.